The van der Waals surface area contributed by atoms with Crippen molar-refractivity contribution in [3.05, 3.63) is 34.3 Å². The van der Waals surface area contributed by atoms with Gasteiger partial charge in [-0.25, -0.2) is 0 Å². The first-order valence-electron chi connectivity index (χ1n) is 7.25. The Morgan fingerprint density at radius 2 is 2.00 bits per heavy atom. The lowest BCUT2D eigenvalue weighted by atomic mass is 9.96. The Balaban J connectivity index is 3.00. The number of nitrogens with zero attached hydrogens (tertiary/aromatic N) is 2. The second kappa shape index (κ2) is 9.91. The molecule has 116 valence electrons. The van der Waals surface area contributed by atoms with Crippen molar-refractivity contribution >= 4 is 15.9 Å². The zero-order chi connectivity index (χ0) is 15.7. The van der Waals surface area contributed by atoms with Gasteiger partial charge in [-0.2, -0.15) is 5.26 Å². The van der Waals surface area contributed by atoms with Crippen LogP contribution >= 0.6 is 15.9 Å². The Labute approximate surface area is 136 Å². The van der Waals surface area contributed by atoms with E-state index in [-0.39, 0.29) is 12.1 Å². The minimum atomic E-state index is 0.0294. The second-order valence-electron chi connectivity index (χ2n) is 5.01. The van der Waals surface area contributed by atoms with Gasteiger partial charge in [-0.15, -0.1) is 0 Å². The van der Waals surface area contributed by atoms with Gasteiger partial charge < -0.3 is 10.5 Å². The zero-order valence-corrected chi connectivity index (χ0v) is 14.3. The van der Waals surface area contributed by atoms with Crippen LogP contribution in [0.25, 0.3) is 0 Å². The van der Waals surface area contributed by atoms with Gasteiger partial charge in [-0.3, -0.25) is 4.90 Å². The number of hydrogen-bond donors (Lipinski definition) is 1. The van der Waals surface area contributed by atoms with Gasteiger partial charge in [-0.05, 0) is 24.1 Å². The number of ether oxygens (including phenoxy) is 1. The molecule has 0 aromatic heterocycles. The molecule has 0 heterocycles. The predicted octanol–water partition coefficient (Wildman–Crippen LogP) is 3.09. The van der Waals surface area contributed by atoms with Crippen LogP contribution in [0.2, 0.25) is 0 Å². The summed E-state index contributed by atoms with van der Waals surface area (Å²) in [5, 5.41) is 8.88. The van der Waals surface area contributed by atoms with E-state index in [1.807, 2.05) is 12.1 Å². The maximum Gasteiger partial charge on any atom is 0.0635 e. The molecule has 0 amide bonds. The van der Waals surface area contributed by atoms with Crippen molar-refractivity contribution in [2.24, 2.45) is 5.73 Å². The molecule has 0 aliphatic heterocycles. The van der Waals surface area contributed by atoms with Crippen LogP contribution in [0.15, 0.2) is 28.7 Å². The highest BCUT2D eigenvalue weighted by Crippen LogP contribution is 2.26. The van der Waals surface area contributed by atoms with Gasteiger partial charge in [0.15, 0.2) is 0 Å². The van der Waals surface area contributed by atoms with Gasteiger partial charge in [0.25, 0.3) is 0 Å². The molecule has 4 nitrogen and oxygen atoms in total. The standard InChI is InChI=1S/C16H24BrN3O/c1-3-15(19)16(13-5-7-14(17)8-6-13)20(10-4-9-18)11-12-21-2/h5-8,15-16H,3-4,10-12,19H2,1-2H3. The molecule has 21 heavy (non-hydrogen) atoms. The minimum Gasteiger partial charge on any atom is -0.383 e. The minimum absolute atomic E-state index is 0.0294. The van der Waals surface area contributed by atoms with E-state index < -0.39 is 0 Å². The fourth-order valence-electron chi connectivity index (χ4n) is 2.40. The SMILES string of the molecule is CCC(N)C(c1ccc(Br)cc1)N(CCC#N)CCOC. The third kappa shape index (κ3) is 5.76. The van der Waals surface area contributed by atoms with Crippen LogP contribution in [0.4, 0.5) is 0 Å². The first kappa shape index (κ1) is 18.1. The summed E-state index contributed by atoms with van der Waals surface area (Å²) in [6.45, 7) is 4.20. The number of benzene rings is 1. The van der Waals surface area contributed by atoms with Crippen molar-refractivity contribution in [3.63, 3.8) is 0 Å². The lowest BCUT2D eigenvalue weighted by molar-refractivity contribution is 0.109. The monoisotopic (exact) mass is 353 g/mol. The normalized spacial score (nSPS) is 13.9. The first-order valence-corrected chi connectivity index (χ1v) is 8.04. The van der Waals surface area contributed by atoms with Crippen LogP contribution in [0, 0.1) is 11.3 Å². The lowest BCUT2D eigenvalue weighted by Gasteiger charge is -2.35. The van der Waals surface area contributed by atoms with E-state index >= 15 is 0 Å². The molecule has 0 radical (unpaired) electrons. The Hall–Kier alpha value is -0.930. The second-order valence-corrected chi connectivity index (χ2v) is 5.92. The van der Waals surface area contributed by atoms with Crippen molar-refractivity contribution in [3.8, 4) is 6.07 Å². The van der Waals surface area contributed by atoms with E-state index in [1.165, 1.54) is 5.56 Å². The summed E-state index contributed by atoms with van der Waals surface area (Å²) in [4.78, 5) is 2.25. The molecule has 0 aliphatic rings. The molecule has 0 aliphatic carbocycles. The Morgan fingerprint density at radius 3 is 2.52 bits per heavy atom. The highest BCUT2D eigenvalue weighted by Gasteiger charge is 2.25. The van der Waals surface area contributed by atoms with E-state index in [1.54, 1.807) is 7.11 Å². The van der Waals surface area contributed by atoms with E-state index in [2.05, 4.69) is 46.0 Å². The quantitative estimate of drug-likeness (QED) is 0.740. The van der Waals surface area contributed by atoms with Crippen molar-refractivity contribution in [2.75, 3.05) is 26.8 Å². The number of nitriles is 1. The number of methoxy groups -OCH3 is 1. The van der Waals surface area contributed by atoms with Crippen molar-refractivity contribution in [1.82, 2.24) is 4.90 Å². The highest BCUT2D eigenvalue weighted by atomic mass is 79.9. The lowest BCUT2D eigenvalue weighted by Crippen LogP contribution is -2.42. The van der Waals surface area contributed by atoms with Gasteiger partial charge in [0.1, 0.15) is 0 Å². The maximum absolute atomic E-state index is 8.88. The van der Waals surface area contributed by atoms with Crippen LogP contribution in [0.3, 0.4) is 0 Å². The van der Waals surface area contributed by atoms with Gasteiger partial charge >= 0.3 is 0 Å². The molecule has 1 aromatic carbocycles. The van der Waals surface area contributed by atoms with Crippen molar-refractivity contribution in [1.29, 1.82) is 5.26 Å². The largest absolute Gasteiger partial charge is 0.383 e. The van der Waals surface area contributed by atoms with Gasteiger partial charge in [0.2, 0.25) is 0 Å². The number of hydrogen-bond acceptors (Lipinski definition) is 4. The summed E-state index contributed by atoms with van der Waals surface area (Å²) >= 11 is 3.46. The van der Waals surface area contributed by atoms with Crippen molar-refractivity contribution in [2.45, 2.75) is 31.8 Å². The van der Waals surface area contributed by atoms with Gasteiger partial charge in [-0.1, -0.05) is 35.0 Å². The van der Waals surface area contributed by atoms with Crippen LogP contribution < -0.4 is 5.73 Å². The average Bonchev–Trinajstić information content (AvgIpc) is 2.51. The summed E-state index contributed by atoms with van der Waals surface area (Å²) in [5.41, 5.74) is 7.54. The average molecular weight is 354 g/mol. The fourth-order valence-corrected chi connectivity index (χ4v) is 2.67. The van der Waals surface area contributed by atoms with Crippen LogP contribution in [0.1, 0.15) is 31.4 Å². The van der Waals surface area contributed by atoms with Crippen LogP contribution in [-0.4, -0.2) is 37.7 Å². The molecule has 2 atom stereocenters. The Bertz CT molecular complexity index is 444. The molecule has 1 rings (SSSR count). The van der Waals surface area contributed by atoms with E-state index in [0.717, 1.165) is 17.4 Å². The van der Waals surface area contributed by atoms with Crippen LogP contribution in [-0.2, 0) is 4.74 Å². The summed E-state index contributed by atoms with van der Waals surface area (Å²) in [6, 6.07) is 10.6. The summed E-state index contributed by atoms with van der Waals surface area (Å²) in [7, 11) is 1.69. The number of nitrogens with two attached hydrogens (primary N) is 1. The van der Waals surface area contributed by atoms with Gasteiger partial charge in [0, 0.05) is 43.2 Å². The van der Waals surface area contributed by atoms with E-state index in [4.69, 9.17) is 15.7 Å². The van der Waals surface area contributed by atoms with Crippen molar-refractivity contribution < 1.29 is 4.74 Å². The molecule has 0 saturated carbocycles. The molecule has 2 unspecified atom stereocenters. The molecule has 2 N–H and O–H groups in total. The first-order chi connectivity index (χ1) is 10.1. The summed E-state index contributed by atoms with van der Waals surface area (Å²) < 4.78 is 6.25. The maximum atomic E-state index is 8.88. The van der Waals surface area contributed by atoms with Crippen LogP contribution in [0.5, 0.6) is 0 Å². The van der Waals surface area contributed by atoms with Gasteiger partial charge in [0.05, 0.1) is 12.7 Å². The molecule has 0 spiro atoms. The molecule has 0 saturated heterocycles. The third-order valence-corrected chi connectivity index (χ3v) is 4.10. The Morgan fingerprint density at radius 1 is 1.33 bits per heavy atom. The van der Waals surface area contributed by atoms with E-state index in [9.17, 15) is 0 Å². The Kier molecular flexibility index (Phi) is 8.55. The summed E-state index contributed by atoms with van der Waals surface area (Å²) in [5.74, 6) is 0. The number of halogens is 1. The summed E-state index contributed by atoms with van der Waals surface area (Å²) in [6.07, 6.45) is 1.38. The zero-order valence-electron chi connectivity index (χ0n) is 12.8. The van der Waals surface area contributed by atoms with E-state index in [0.29, 0.717) is 19.6 Å². The smallest absolute Gasteiger partial charge is 0.0635 e. The molecular weight excluding hydrogens is 330 g/mol. The fraction of sp³-hybridized carbons (Fsp3) is 0.562. The number of rotatable bonds is 9. The predicted molar refractivity (Wildman–Crippen MR) is 88.8 cm³/mol. The molecular formula is C16H24BrN3O. The topological polar surface area (TPSA) is 62.3 Å². The highest BCUT2D eigenvalue weighted by molar-refractivity contribution is 9.10. The molecule has 0 bridgehead atoms. The third-order valence-electron chi connectivity index (χ3n) is 3.58. The molecule has 5 heteroatoms. The molecule has 1 aromatic rings. The molecule has 0 fully saturated rings.